The molecule has 29 heavy (non-hydrogen) atoms. The SMILES string of the molecule is Cc1c(NC(=O)OCC2c3ccccc3-c3ccccc32)ccc(C(=O)O)c1C. The van der Waals surface area contributed by atoms with Crippen LogP contribution in [0, 0.1) is 13.8 Å². The number of nitrogens with one attached hydrogen (secondary N) is 1. The van der Waals surface area contributed by atoms with Gasteiger partial charge in [0.25, 0.3) is 0 Å². The second-order valence-corrected chi connectivity index (χ2v) is 7.17. The Morgan fingerprint density at radius 3 is 2.07 bits per heavy atom. The number of rotatable bonds is 4. The van der Waals surface area contributed by atoms with Crippen LogP contribution in [0.4, 0.5) is 10.5 Å². The lowest BCUT2D eigenvalue weighted by atomic mass is 9.98. The minimum Gasteiger partial charge on any atom is -0.478 e. The molecule has 0 radical (unpaired) electrons. The Labute approximate surface area is 169 Å². The number of carboxylic acid groups (broad SMARTS) is 1. The lowest BCUT2D eigenvalue weighted by molar-refractivity contribution is 0.0696. The fourth-order valence-corrected chi connectivity index (χ4v) is 3.93. The Morgan fingerprint density at radius 2 is 1.48 bits per heavy atom. The average molecular weight is 387 g/mol. The molecule has 5 heteroatoms. The van der Waals surface area contributed by atoms with Gasteiger partial charge in [-0.1, -0.05) is 48.5 Å². The summed E-state index contributed by atoms with van der Waals surface area (Å²) in [7, 11) is 0. The molecule has 0 bridgehead atoms. The van der Waals surface area contributed by atoms with E-state index in [1.54, 1.807) is 19.9 Å². The molecule has 1 amide bonds. The van der Waals surface area contributed by atoms with Crippen molar-refractivity contribution in [3.05, 3.63) is 88.5 Å². The van der Waals surface area contributed by atoms with Gasteiger partial charge in [-0.2, -0.15) is 0 Å². The molecular formula is C24H21NO4. The van der Waals surface area contributed by atoms with Gasteiger partial charge in [-0.05, 0) is 59.4 Å². The Kier molecular flexibility index (Phi) is 4.80. The molecule has 1 aliphatic rings. The molecule has 0 heterocycles. The van der Waals surface area contributed by atoms with Crippen LogP contribution in [0.5, 0.6) is 0 Å². The lowest BCUT2D eigenvalue weighted by Crippen LogP contribution is -2.19. The van der Waals surface area contributed by atoms with E-state index >= 15 is 0 Å². The minimum absolute atomic E-state index is 0.00892. The Morgan fingerprint density at radius 1 is 0.897 bits per heavy atom. The van der Waals surface area contributed by atoms with E-state index < -0.39 is 12.1 Å². The molecule has 0 atom stereocenters. The normalized spacial score (nSPS) is 12.2. The molecule has 0 saturated heterocycles. The second-order valence-electron chi connectivity index (χ2n) is 7.17. The lowest BCUT2D eigenvalue weighted by Gasteiger charge is -2.16. The number of fused-ring (bicyclic) bond motifs is 3. The topological polar surface area (TPSA) is 75.6 Å². The van der Waals surface area contributed by atoms with Gasteiger partial charge >= 0.3 is 12.1 Å². The van der Waals surface area contributed by atoms with Gasteiger partial charge in [0, 0.05) is 11.6 Å². The van der Waals surface area contributed by atoms with Gasteiger partial charge in [0.15, 0.2) is 0 Å². The summed E-state index contributed by atoms with van der Waals surface area (Å²) in [6.45, 7) is 3.73. The van der Waals surface area contributed by atoms with Crippen molar-refractivity contribution in [1.82, 2.24) is 0 Å². The summed E-state index contributed by atoms with van der Waals surface area (Å²) in [6, 6.07) is 19.4. The van der Waals surface area contributed by atoms with Crippen molar-refractivity contribution in [2.24, 2.45) is 0 Å². The molecule has 2 N–H and O–H groups in total. The van der Waals surface area contributed by atoms with Crippen molar-refractivity contribution in [3.63, 3.8) is 0 Å². The van der Waals surface area contributed by atoms with Crippen molar-refractivity contribution in [2.75, 3.05) is 11.9 Å². The van der Waals surface area contributed by atoms with E-state index in [1.165, 1.54) is 17.2 Å². The van der Waals surface area contributed by atoms with E-state index in [0.29, 0.717) is 16.8 Å². The maximum Gasteiger partial charge on any atom is 0.411 e. The first kappa shape index (κ1) is 18.7. The van der Waals surface area contributed by atoms with Gasteiger partial charge in [0.05, 0.1) is 5.56 Å². The van der Waals surface area contributed by atoms with Crippen LogP contribution in [0.25, 0.3) is 11.1 Å². The summed E-state index contributed by atoms with van der Waals surface area (Å²) in [5, 5.41) is 12.0. The van der Waals surface area contributed by atoms with E-state index in [0.717, 1.165) is 11.1 Å². The van der Waals surface area contributed by atoms with E-state index in [9.17, 15) is 14.7 Å². The number of carbonyl (C=O) groups is 2. The zero-order chi connectivity index (χ0) is 20.5. The van der Waals surface area contributed by atoms with Crippen molar-refractivity contribution < 1.29 is 19.4 Å². The molecule has 3 aromatic rings. The highest BCUT2D eigenvalue weighted by Crippen LogP contribution is 2.44. The average Bonchev–Trinajstić information content (AvgIpc) is 3.03. The van der Waals surface area contributed by atoms with Crippen molar-refractivity contribution in [2.45, 2.75) is 19.8 Å². The Bertz CT molecular complexity index is 1070. The number of ether oxygens (including phenoxy) is 1. The molecule has 0 aliphatic heterocycles. The first-order valence-electron chi connectivity index (χ1n) is 9.43. The number of hydrogen-bond donors (Lipinski definition) is 2. The van der Waals surface area contributed by atoms with Crippen LogP contribution in [-0.4, -0.2) is 23.8 Å². The zero-order valence-corrected chi connectivity index (χ0v) is 16.2. The third kappa shape index (κ3) is 3.36. The predicted molar refractivity (Wildman–Crippen MR) is 112 cm³/mol. The van der Waals surface area contributed by atoms with Crippen LogP contribution < -0.4 is 5.32 Å². The molecule has 146 valence electrons. The van der Waals surface area contributed by atoms with Gasteiger partial charge in [-0.15, -0.1) is 0 Å². The van der Waals surface area contributed by atoms with Gasteiger partial charge in [0.2, 0.25) is 0 Å². The van der Waals surface area contributed by atoms with Crippen LogP contribution in [0.15, 0.2) is 60.7 Å². The van der Waals surface area contributed by atoms with E-state index in [1.807, 2.05) is 24.3 Å². The quantitative estimate of drug-likeness (QED) is 0.632. The summed E-state index contributed by atoms with van der Waals surface area (Å²) >= 11 is 0. The highest BCUT2D eigenvalue weighted by molar-refractivity contribution is 5.92. The number of carbonyl (C=O) groups excluding carboxylic acids is 1. The molecule has 0 spiro atoms. The molecule has 0 saturated carbocycles. The summed E-state index contributed by atoms with van der Waals surface area (Å²) in [6.07, 6.45) is -0.558. The Hall–Kier alpha value is -3.60. The van der Waals surface area contributed by atoms with Crippen molar-refractivity contribution in [1.29, 1.82) is 0 Å². The molecular weight excluding hydrogens is 366 g/mol. The fraction of sp³-hybridized carbons (Fsp3) is 0.167. The van der Waals surface area contributed by atoms with Gasteiger partial charge in [0.1, 0.15) is 6.61 Å². The largest absolute Gasteiger partial charge is 0.478 e. The number of hydrogen-bond acceptors (Lipinski definition) is 3. The number of carboxylic acids is 1. The van der Waals surface area contributed by atoms with Gasteiger partial charge in [-0.25, -0.2) is 9.59 Å². The summed E-state index contributed by atoms with van der Waals surface area (Å²) in [5.74, 6) is -0.997. The summed E-state index contributed by atoms with van der Waals surface area (Å²) < 4.78 is 5.55. The van der Waals surface area contributed by atoms with Crippen LogP contribution in [0.1, 0.15) is 38.5 Å². The minimum atomic E-state index is -0.988. The van der Waals surface area contributed by atoms with Crippen LogP contribution in [0.3, 0.4) is 0 Å². The third-order valence-corrected chi connectivity index (χ3v) is 5.60. The van der Waals surface area contributed by atoms with Gasteiger partial charge < -0.3 is 9.84 Å². The zero-order valence-electron chi connectivity index (χ0n) is 16.2. The van der Waals surface area contributed by atoms with Crippen molar-refractivity contribution >= 4 is 17.7 Å². The highest BCUT2D eigenvalue weighted by atomic mass is 16.5. The molecule has 0 aromatic heterocycles. The third-order valence-electron chi connectivity index (χ3n) is 5.60. The van der Waals surface area contributed by atoms with E-state index in [2.05, 4.69) is 29.6 Å². The molecule has 4 rings (SSSR count). The van der Waals surface area contributed by atoms with Crippen LogP contribution in [-0.2, 0) is 4.74 Å². The Balaban J connectivity index is 1.50. The van der Waals surface area contributed by atoms with Gasteiger partial charge in [-0.3, -0.25) is 5.32 Å². The molecule has 5 nitrogen and oxygen atoms in total. The summed E-state index contributed by atoms with van der Waals surface area (Å²) in [5.41, 5.74) is 6.75. The molecule has 0 fully saturated rings. The standard InChI is InChI=1S/C24H21NO4/c1-14-15(2)22(12-11-16(14)23(26)27)25-24(28)29-13-21-19-9-5-3-7-17(19)18-8-4-6-10-20(18)21/h3-12,21H,13H2,1-2H3,(H,25,28)(H,26,27). The number of anilines is 1. The second kappa shape index (κ2) is 7.43. The number of amides is 1. The number of aromatic carboxylic acids is 1. The smallest absolute Gasteiger partial charge is 0.411 e. The van der Waals surface area contributed by atoms with Crippen LogP contribution in [0.2, 0.25) is 0 Å². The molecule has 3 aromatic carbocycles. The van der Waals surface area contributed by atoms with Crippen molar-refractivity contribution in [3.8, 4) is 11.1 Å². The number of benzene rings is 3. The monoisotopic (exact) mass is 387 g/mol. The molecule has 0 unspecified atom stereocenters. The van der Waals surface area contributed by atoms with Crippen LogP contribution >= 0.6 is 0 Å². The first-order chi connectivity index (χ1) is 14.0. The van der Waals surface area contributed by atoms with E-state index in [-0.39, 0.29) is 18.1 Å². The van der Waals surface area contributed by atoms with E-state index in [4.69, 9.17) is 4.74 Å². The maximum absolute atomic E-state index is 12.4. The summed E-state index contributed by atoms with van der Waals surface area (Å²) in [4.78, 5) is 23.7. The maximum atomic E-state index is 12.4. The highest BCUT2D eigenvalue weighted by Gasteiger charge is 2.29. The first-order valence-corrected chi connectivity index (χ1v) is 9.43. The predicted octanol–water partition coefficient (Wildman–Crippen LogP) is 5.36. The fourth-order valence-electron chi connectivity index (χ4n) is 3.93. The molecule has 1 aliphatic carbocycles.